The molecular formula is C11H22N2O. The van der Waals surface area contributed by atoms with Gasteiger partial charge in [0.1, 0.15) is 0 Å². The van der Waals surface area contributed by atoms with Crippen LogP contribution in [0.15, 0.2) is 0 Å². The summed E-state index contributed by atoms with van der Waals surface area (Å²) in [5.41, 5.74) is 5.90. The van der Waals surface area contributed by atoms with E-state index in [1.54, 1.807) is 0 Å². The highest BCUT2D eigenvalue weighted by molar-refractivity contribution is 4.77. The molecule has 0 aromatic carbocycles. The number of nitrogens with zero attached hydrogens (tertiary/aromatic N) is 1. The molecule has 1 heterocycles. The molecule has 2 fully saturated rings. The van der Waals surface area contributed by atoms with Crippen LogP contribution in [0.1, 0.15) is 25.7 Å². The Kier molecular flexibility index (Phi) is 3.79. The maximum absolute atomic E-state index is 5.90. The molecule has 2 rings (SSSR count). The Morgan fingerprint density at radius 2 is 1.71 bits per heavy atom. The molecule has 82 valence electrons. The Morgan fingerprint density at radius 1 is 1.07 bits per heavy atom. The van der Waals surface area contributed by atoms with Crippen molar-refractivity contribution in [1.82, 2.24) is 4.90 Å². The molecule has 0 aromatic rings. The first-order valence-corrected chi connectivity index (χ1v) is 5.90. The van der Waals surface area contributed by atoms with E-state index in [0.29, 0.717) is 6.04 Å². The number of hydrogen-bond acceptors (Lipinski definition) is 3. The van der Waals surface area contributed by atoms with E-state index < -0.39 is 0 Å². The van der Waals surface area contributed by atoms with Crippen LogP contribution >= 0.6 is 0 Å². The van der Waals surface area contributed by atoms with Crippen molar-refractivity contribution < 1.29 is 4.74 Å². The fourth-order valence-corrected chi connectivity index (χ4v) is 2.52. The second-order valence-electron chi connectivity index (χ2n) is 4.69. The Balaban J connectivity index is 1.68. The van der Waals surface area contributed by atoms with Crippen molar-refractivity contribution in [2.45, 2.75) is 31.7 Å². The highest BCUT2D eigenvalue weighted by Crippen LogP contribution is 2.24. The van der Waals surface area contributed by atoms with Gasteiger partial charge in [-0.3, -0.25) is 4.90 Å². The minimum absolute atomic E-state index is 0.482. The van der Waals surface area contributed by atoms with Gasteiger partial charge in [-0.15, -0.1) is 0 Å². The van der Waals surface area contributed by atoms with Crippen LogP contribution in [0.25, 0.3) is 0 Å². The first kappa shape index (κ1) is 10.4. The quantitative estimate of drug-likeness (QED) is 0.714. The summed E-state index contributed by atoms with van der Waals surface area (Å²) >= 11 is 0. The average Bonchev–Trinajstić information content (AvgIpc) is 2.23. The van der Waals surface area contributed by atoms with Crippen molar-refractivity contribution in [2.24, 2.45) is 11.7 Å². The Labute approximate surface area is 86.6 Å². The molecule has 0 bridgehead atoms. The van der Waals surface area contributed by atoms with Gasteiger partial charge >= 0.3 is 0 Å². The zero-order valence-electron chi connectivity index (χ0n) is 8.95. The monoisotopic (exact) mass is 198 g/mol. The number of nitrogens with two attached hydrogens (primary N) is 1. The molecule has 0 amide bonds. The smallest absolute Gasteiger partial charge is 0.0594 e. The Morgan fingerprint density at radius 3 is 2.36 bits per heavy atom. The zero-order valence-corrected chi connectivity index (χ0v) is 8.95. The summed E-state index contributed by atoms with van der Waals surface area (Å²) in [6.45, 7) is 5.37. The van der Waals surface area contributed by atoms with Crippen molar-refractivity contribution in [3.63, 3.8) is 0 Å². The molecule has 1 saturated carbocycles. The number of ether oxygens (including phenoxy) is 1. The standard InChI is InChI=1S/C11H22N2O/c12-11-3-1-10(2-4-11)9-13-5-7-14-8-6-13/h10-11H,1-9,12H2/t10-,11-. The van der Waals surface area contributed by atoms with Gasteiger partial charge in [0.25, 0.3) is 0 Å². The molecule has 14 heavy (non-hydrogen) atoms. The number of rotatable bonds is 2. The summed E-state index contributed by atoms with van der Waals surface area (Å²) in [7, 11) is 0. The van der Waals surface area contributed by atoms with Crippen molar-refractivity contribution in [3.8, 4) is 0 Å². The van der Waals surface area contributed by atoms with Crippen molar-refractivity contribution in [3.05, 3.63) is 0 Å². The van der Waals surface area contributed by atoms with E-state index in [2.05, 4.69) is 4.90 Å². The van der Waals surface area contributed by atoms with Crippen LogP contribution < -0.4 is 5.73 Å². The average molecular weight is 198 g/mol. The molecule has 0 unspecified atom stereocenters. The fourth-order valence-electron chi connectivity index (χ4n) is 2.52. The molecule has 2 aliphatic rings. The largest absolute Gasteiger partial charge is 0.379 e. The van der Waals surface area contributed by atoms with Gasteiger partial charge in [0, 0.05) is 25.7 Å². The second-order valence-corrected chi connectivity index (χ2v) is 4.69. The van der Waals surface area contributed by atoms with Gasteiger partial charge in [-0.05, 0) is 31.6 Å². The van der Waals surface area contributed by atoms with E-state index in [-0.39, 0.29) is 0 Å². The molecule has 1 saturated heterocycles. The summed E-state index contributed by atoms with van der Waals surface area (Å²) < 4.78 is 5.34. The van der Waals surface area contributed by atoms with Gasteiger partial charge < -0.3 is 10.5 Å². The SMILES string of the molecule is N[C@H]1CC[C@H](CN2CCOCC2)CC1. The van der Waals surface area contributed by atoms with Crippen LogP contribution in [0, 0.1) is 5.92 Å². The first-order chi connectivity index (χ1) is 6.84. The first-order valence-electron chi connectivity index (χ1n) is 5.90. The summed E-state index contributed by atoms with van der Waals surface area (Å²) in [6, 6.07) is 0.482. The lowest BCUT2D eigenvalue weighted by molar-refractivity contribution is 0.0274. The fraction of sp³-hybridized carbons (Fsp3) is 1.00. The minimum Gasteiger partial charge on any atom is -0.379 e. The van der Waals surface area contributed by atoms with E-state index in [9.17, 15) is 0 Å². The lowest BCUT2D eigenvalue weighted by atomic mass is 9.86. The summed E-state index contributed by atoms with van der Waals surface area (Å²) in [5.74, 6) is 0.896. The van der Waals surface area contributed by atoms with Crippen LogP contribution in [0.4, 0.5) is 0 Å². The third kappa shape index (κ3) is 2.94. The summed E-state index contributed by atoms with van der Waals surface area (Å²) in [6.07, 6.45) is 5.13. The predicted octanol–water partition coefficient (Wildman–Crippen LogP) is 0.836. The molecule has 0 aromatic heterocycles. The maximum atomic E-state index is 5.90. The van der Waals surface area contributed by atoms with E-state index in [1.807, 2.05) is 0 Å². The lowest BCUT2D eigenvalue weighted by Gasteiger charge is -2.33. The third-order valence-electron chi connectivity index (χ3n) is 3.51. The second kappa shape index (κ2) is 5.10. The normalized spacial score (nSPS) is 35.8. The van der Waals surface area contributed by atoms with Crippen LogP contribution in [0.3, 0.4) is 0 Å². The topological polar surface area (TPSA) is 38.5 Å². The molecule has 0 atom stereocenters. The van der Waals surface area contributed by atoms with Crippen LogP contribution in [0.5, 0.6) is 0 Å². The van der Waals surface area contributed by atoms with E-state index in [4.69, 9.17) is 10.5 Å². The summed E-state index contributed by atoms with van der Waals surface area (Å²) in [5, 5.41) is 0. The van der Waals surface area contributed by atoms with Crippen LogP contribution in [-0.2, 0) is 4.74 Å². The van der Waals surface area contributed by atoms with Crippen LogP contribution in [-0.4, -0.2) is 43.8 Å². The minimum atomic E-state index is 0.482. The van der Waals surface area contributed by atoms with Gasteiger partial charge in [-0.25, -0.2) is 0 Å². The Bertz CT molecular complexity index is 161. The van der Waals surface area contributed by atoms with Crippen molar-refractivity contribution >= 4 is 0 Å². The van der Waals surface area contributed by atoms with E-state index in [0.717, 1.165) is 32.2 Å². The highest BCUT2D eigenvalue weighted by atomic mass is 16.5. The summed E-state index contributed by atoms with van der Waals surface area (Å²) in [4.78, 5) is 2.55. The van der Waals surface area contributed by atoms with Gasteiger partial charge in [-0.2, -0.15) is 0 Å². The molecule has 3 heteroatoms. The number of hydrogen-bond donors (Lipinski definition) is 1. The third-order valence-corrected chi connectivity index (χ3v) is 3.51. The van der Waals surface area contributed by atoms with E-state index in [1.165, 1.54) is 32.2 Å². The Hall–Kier alpha value is -0.120. The predicted molar refractivity (Wildman–Crippen MR) is 57.2 cm³/mol. The molecule has 1 aliphatic heterocycles. The van der Waals surface area contributed by atoms with Crippen LogP contribution in [0.2, 0.25) is 0 Å². The molecule has 1 aliphatic carbocycles. The molecular weight excluding hydrogens is 176 g/mol. The van der Waals surface area contributed by atoms with Gasteiger partial charge in [0.05, 0.1) is 13.2 Å². The highest BCUT2D eigenvalue weighted by Gasteiger charge is 2.21. The lowest BCUT2D eigenvalue weighted by Crippen LogP contribution is -2.40. The zero-order chi connectivity index (χ0) is 9.80. The molecule has 0 spiro atoms. The van der Waals surface area contributed by atoms with Gasteiger partial charge in [0.2, 0.25) is 0 Å². The maximum Gasteiger partial charge on any atom is 0.0594 e. The van der Waals surface area contributed by atoms with E-state index >= 15 is 0 Å². The van der Waals surface area contributed by atoms with Crippen molar-refractivity contribution in [2.75, 3.05) is 32.8 Å². The number of morpholine rings is 1. The van der Waals surface area contributed by atoms with Gasteiger partial charge in [-0.1, -0.05) is 0 Å². The molecule has 2 N–H and O–H groups in total. The van der Waals surface area contributed by atoms with Crippen molar-refractivity contribution in [1.29, 1.82) is 0 Å². The molecule has 3 nitrogen and oxygen atoms in total. The molecule has 0 radical (unpaired) electrons. The van der Waals surface area contributed by atoms with Gasteiger partial charge in [0.15, 0.2) is 0 Å².